The minimum atomic E-state index is -0.0629. The summed E-state index contributed by atoms with van der Waals surface area (Å²) in [6.07, 6.45) is 9.84. The summed E-state index contributed by atoms with van der Waals surface area (Å²) in [5, 5.41) is 3.83. The molecular weight excluding hydrogens is 288 g/mol. The number of likely N-dealkylation sites (tertiary alicyclic amines) is 1. The van der Waals surface area contributed by atoms with Gasteiger partial charge in [-0.05, 0) is 51.0 Å². The second-order valence-electron chi connectivity index (χ2n) is 7.70. The molecule has 3 unspecified atom stereocenters. The van der Waals surface area contributed by atoms with Gasteiger partial charge >= 0.3 is 5.97 Å². The van der Waals surface area contributed by atoms with Crippen molar-refractivity contribution >= 4 is 5.97 Å². The van der Waals surface area contributed by atoms with Gasteiger partial charge in [0.1, 0.15) is 0 Å². The molecule has 1 saturated carbocycles. The molecule has 134 valence electrons. The Kier molecular flexibility index (Phi) is 7.84. The standard InChI is InChI=1S/C19H36N2O2/c1-4-15(2)21-13-17(11-19(22)23-3)10-18(14-21)20-12-16-8-6-5-7-9-16/h15-18,20H,4-14H2,1-3H3. The topological polar surface area (TPSA) is 41.6 Å². The van der Waals surface area contributed by atoms with Crippen molar-refractivity contribution in [2.45, 2.75) is 77.3 Å². The molecule has 1 saturated heterocycles. The number of methoxy groups -OCH3 is 1. The van der Waals surface area contributed by atoms with Crippen molar-refractivity contribution in [2.75, 3.05) is 26.7 Å². The Bertz CT molecular complexity index is 355. The first-order valence-electron chi connectivity index (χ1n) is 9.66. The van der Waals surface area contributed by atoms with E-state index in [1.807, 2.05) is 0 Å². The monoisotopic (exact) mass is 324 g/mol. The number of nitrogens with one attached hydrogen (secondary N) is 1. The number of carbonyl (C=O) groups excluding carboxylic acids is 1. The van der Waals surface area contributed by atoms with Crippen molar-refractivity contribution in [3.8, 4) is 0 Å². The zero-order valence-electron chi connectivity index (χ0n) is 15.4. The van der Waals surface area contributed by atoms with E-state index in [4.69, 9.17) is 4.74 Å². The summed E-state index contributed by atoms with van der Waals surface area (Å²) < 4.78 is 4.89. The Labute approximate surface area is 142 Å². The van der Waals surface area contributed by atoms with Crippen LogP contribution in [-0.2, 0) is 9.53 Å². The van der Waals surface area contributed by atoms with Crippen LogP contribution in [0.4, 0.5) is 0 Å². The van der Waals surface area contributed by atoms with Crippen LogP contribution in [-0.4, -0.2) is 49.7 Å². The third-order valence-electron chi connectivity index (χ3n) is 5.88. The average molecular weight is 325 g/mol. The lowest BCUT2D eigenvalue weighted by atomic mass is 9.87. The van der Waals surface area contributed by atoms with Crippen molar-refractivity contribution in [1.29, 1.82) is 0 Å². The van der Waals surface area contributed by atoms with Gasteiger partial charge in [0.05, 0.1) is 7.11 Å². The molecule has 0 bridgehead atoms. The highest BCUT2D eigenvalue weighted by molar-refractivity contribution is 5.69. The Hall–Kier alpha value is -0.610. The normalized spacial score (nSPS) is 28.5. The van der Waals surface area contributed by atoms with Crippen LogP contribution in [0.3, 0.4) is 0 Å². The van der Waals surface area contributed by atoms with Crippen LogP contribution in [0.25, 0.3) is 0 Å². The van der Waals surface area contributed by atoms with Gasteiger partial charge in [0.25, 0.3) is 0 Å². The predicted molar refractivity (Wildman–Crippen MR) is 94.4 cm³/mol. The van der Waals surface area contributed by atoms with Gasteiger partial charge in [-0.3, -0.25) is 9.69 Å². The van der Waals surface area contributed by atoms with Gasteiger partial charge in [0, 0.05) is 31.6 Å². The first-order valence-corrected chi connectivity index (χ1v) is 9.66. The van der Waals surface area contributed by atoms with Crippen LogP contribution in [0.1, 0.15) is 65.2 Å². The number of hydrogen-bond acceptors (Lipinski definition) is 4. The lowest BCUT2D eigenvalue weighted by Gasteiger charge is -2.41. The van der Waals surface area contributed by atoms with Gasteiger partial charge in [-0.15, -0.1) is 0 Å². The molecule has 0 aromatic carbocycles. The molecule has 1 aliphatic carbocycles. The van der Waals surface area contributed by atoms with Crippen molar-refractivity contribution in [2.24, 2.45) is 11.8 Å². The third-order valence-corrected chi connectivity index (χ3v) is 5.88. The van der Waals surface area contributed by atoms with E-state index in [1.165, 1.54) is 45.6 Å². The number of rotatable bonds is 7. The molecule has 1 N–H and O–H groups in total. The molecule has 4 heteroatoms. The van der Waals surface area contributed by atoms with Gasteiger partial charge in [0.15, 0.2) is 0 Å². The minimum Gasteiger partial charge on any atom is -0.469 e. The maximum atomic E-state index is 11.7. The quantitative estimate of drug-likeness (QED) is 0.730. The zero-order valence-corrected chi connectivity index (χ0v) is 15.4. The number of ether oxygens (including phenoxy) is 1. The molecule has 0 amide bonds. The SMILES string of the molecule is CCC(C)N1CC(CC(=O)OC)CC(NCC2CCCCC2)C1. The van der Waals surface area contributed by atoms with E-state index in [9.17, 15) is 4.79 Å². The number of hydrogen-bond donors (Lipinski definition) is 1. The highest BCUT2D eigenvalue weighted by Crippen LogP contribution is 2.25. The summed E-state index contributed by atoms with van der Waals surface area (Å²) in [5.41, 5.74) is 0. The highest BCUT2D eigenvalue weighted by atomic mass is 16.5. The fraction of sp³-hybridized carbons (Fsp3) is 0.947. The van der Waals surface area contributed by atoms with E-state index in [2.05, 4.69) is 24.1 Å². The summed E-state index contributed by atoms with van der Waals surface area (Å²) in [6.45, 7) is 7.87. The van der Waals surface area contributed by atoms with Crippen LogP contribution >= 0.6 is 0 Å². The predicted octanol–water partition coefficient (Wildman–Crippen LogP) is 3.21. The van der Waals surface area contributed by atoms with Crippen LogP contribution in [0.15, 0.2) is 0 Å². The molecule has 0 aromatic rings. The van der Waals surface area contributed by atoms with E-state index in [0.29, 0.717) is 24.4 Å². The molecule has 0 radical (unpaired) electrons. The molecule has 2 rings (SSSR count). The Morgan fingerprint density at radius 2 is 1.96 bits per heavy atom. The fourth-order valence-electron chi connectivity index (χ4n) is 4.20. The summed E-state index contributed by atoms with van der Waals surface area (Å²) in [6, 6.07) is 1.11. The van der Waals surface area contributed by atoms with E-state index in [0.717, 1.165) is 32.0 Å². The Morgan fingerprint density at radius 3 is 2.61 bits per heavy atom. The first kappa shape index (κ1) is 18.7. The largest absolute Gasteiger partial charge is 0.469 e. The maximum absolute atomic E-state index is 11.7. The van der Waals surface area contributed by atoms with Gasteiger partial charge in [0.2, 0.25) is 0 Å². The third kappa shape index (κ3) is 6.07. The molecule has 0 aromatic heterocycles. The van der Waals surface area contributed by atoms with Gasteiger partial charge in [-0.25, -0.2) is 0 Å². The van der Waals surface area contributed by atoms with Gasteiger partial charge in [-0.1, -0.05) is 26.2 Å². The molecule has 2 aliphatic rings. The van der Waals surface area contributed by atoms with E-state index >= 15 is 0 Å². The van der Waals surface area contributed by atoms with Crippen molar-refractivity contribution in [3.63, 3.8) is 0 Å². The Balaban J connectivity index is 1.86. The van der Waals surface area contributed by atoms with Crippen molar-refractivity contribution in [1.82, 2.24) is 10.2 Å². The molecule has 23 heavy (non-hydrogen) atoms. The summed E-state index contributed by atoms with van der Waals surface area (Å²) in [5.74, 6) is 1.22. The molecule has 1 aliphatic heterocycles. The van der Waals surface area contributed by atoms with Crippen molar-refractivity contribution < 1.29 is 9.53 Å². The lowest BCUT2D eigenvalue weighted by Crippen LogP contribution is -2.53. The fourth-order valence-corrected chi connectivity index (χ4v) is 4.20. The molecule has 0 spiro atoms. The summed E-state index contributed by atoms with van der Waals surface area (Å²) >= 11 is 0. The first-order chi connectivity index (χ1) is 11.1. The van der Waals surface area contributed by atoms with Crippen molar-refractivity contribution in [3.05, 3.63) is 0 Å². The zero-order chi connectivity index (χ0) is 16.7. The highest BCUT2D eigenvalue weighted by Gasteiger charge is 2.31. The maximum Gasteiger partial charge on any atom is 0.305 e. The second-order valence-corrected chi connectivity index (χ2v) is 7.70. The average Bonchev–Trinajstić information content (AvgIpc) is 2.59. The minimum absolute atomic E-state index is 0.0629. The van der Waals surface area contributed by atoms with Gasteiger partial charge in [-0.2, -0.15) is 0 Å². The molecule has 3 atom stereocenters. The number of carbonyl (C=O) groups is 1. The molecule has 4 nitrogen and oxygen atoms in total. The Morgan fingerprint density at radius 1 is 1.22 bits per heavy atom. The van der Waals surface area contributed by atoms with Crippen LogP contribution in [0.5, 0.6) is 0 Å². The van der Waals surface area contributed by atoms with Gasteiger partial charge < -0.3 is 10.1 Å². The van der Waals surface area contributed by atoms with Crippen LogP contribution < -0.4 is 5.32 Å². The number of piperidine rings is 1. The van der Waals surface area contributed by atoms with Crippen LogP contribution in [0, 0.1) is 11.8 Å². The molecule has 1 heterocycles. The number of esters is 1. The molecular formula is C19H36N2O2. The van der Waals surface area contributed by atoms with E-state index in [-0.39, 0.29) is 5.97 Å². The van der Waals surface area contributed by atoms with E-state index < -0.39 is 0 Å². The lowest BCUT2D eigenvalue weighted by molar-refractivity contribution is -0.142. The van der Waals surface area contributed by atoms with Crippen LogP contribution in [0.2, 0.25) is 0 Å². The molecule has 2 fully saturated rings. The second kappa shape index (κ2) is 9.63. The summed E-state index contributed by atoms with van der Waals surface area (Å²) in [7, 11) is 1.50. The van der Waals surface area contributed by atoms with E-state index in [1.54, 1.807) is 0 Å². The summed E-state index contributed by atoms with van der Waals surface area (Å²) in [4.78, 5) is 14.2. The number of nitrogens with zero attached hydrogens (tertiary/aromatic N) is 1. The smallest absolute Gasteiger partial charge is 0.305 e.